The van der Waals surface area contributed by atoms with Gasteiger partial charge in [-0.1, -0.05) is 41.4 Å². The third-order valence-electron chi connectivity index (χ3n) is 5.84. The number of Topliss-reactive ketones (excluding diaryl/α,β-unsaturated/α-hetero) is 1. The van der Waals surface area contributed by atoms with E-state index in [4.69, 9.17) is 37.4 Å². The van der Waals surface area contributed by atoms with Gasteiger partial charge in [-0.3, -0.25) is 14.6 Å². The molecule has 0 aliphatic carbocycles. The molecule has 0 radical (unpaired) electrons. The van der Waals surface area contributed by atoms with E-state index in [0.717, 1.165) is 0 Å². The Morgan fingerprint density at radius 2 is 1.72 bits per heavy atom. The van der Waals surface area contributed by atoms with E-state index in [1.165, 1.54) is 32.3 Å². The number of likely N-dealkylation sites (tertiary alicyclic amines) is 1. The summed E-state index contributed by atoms with van der Waals surface area (Å²) in [4.78, 5) is 32.0. The molecule has 1 unspecified atom stereocenters. The number of hydrogen-bond donors (Lipinski definition) is 1. The number of halogens is 2. The predicted octanol–water partition coefficient (Wildman–Crippen LogP) is 5.04. The third-order valence-corrected chi connectivity index (χ3v) is 6.47. The summed E-state index contributed by atoms with van der Waals surface area (Å²) in [7, 11) is 4.28. The number of methoxy groups -OCH3 is 3. The zero-order valence-electron chi connectivity index (χ0n) is 19.6. The van der Waals surface area contributed by atoms with E-state index in [1.54, 1.807) is 48.8 Å². The molecule has 2 aromatic carbocycles. The Hall–Kier alpha value is -3.75. The van der Waals surface area contributed by atoms with E-state index in [2.05, 4.69) is 4.98 Å². The predicted molar refractivity (Wildman–Crippen MR) is 135 cm³/mol. The molecule has 36 heavy (non-hydrogen) atoms. The highest BCUT2D eigenvalue weighted by Crippen LogP contribution is 2.47. The van der Waals surface area contributed by atoms with Crippen LogP contribution in [0.5, 0.6) is 17.2 Å². The molecule has 0 saturated carbocycles. The van der Waals surface area contributed by atoms with Gasteiger partial charge in [0.15, 0.2) is 11.5 Å². The van der Waals surface area contributed by atoms with Crippen LogP contribution in [0.15, 0.2) is 60.4 Å². The number of benzene rings is 2. The molecular weight excluding hydrogens is 507 g/mol. The van der Waals surface area contributed by atoms with Gasteiger partial charge in [-0.25, -0.2) is 0 Å². The molecule has 1 aliphatic heterocycles. The van der Waals surface area contributed by atoms with Gasteiger partial charge in [-0.15, -0.1) is 0 Å². The highest BCUT2D eigenvalue weighted by atomic mass is 35.5. The molecule has 0 bridgehead atoms. The molecule has 1 atom stereocenters. The zero-order chi connectivity index (χ0) is 26.0. The molecule has 10 heteroatoms. The van der Waals surface area contributed by atoms with Crippen molar-refractivity contribution in [2.75, 3.05) is 21.3 Å². The number of carbonyl (C=O) groups excluding carboxylic acids is 2. The van der Waals surface area contributed by atoms with Crippen molar-refractivity contribution in [3.8, 4) is 17.2 Å². The number of ether oxygens (including phenoxy) is 3. The molecular formula is C26H22Cl2N2O6. The summed E-state index contributed by atoms with van der Waals surface area (Å²) in [5, 5.41) is 11.6. The van der Waals surface area contributed by atoms with Gasteiger partial charge in [0.1, 0.15) is 16.5 Å². The van der Waals surface area contributed by atoms with Crippen LogP contribution in [0.25, 0.3) is 5.76 Å². The topological polar surface area (TPSA) is 98.2 Å². The van der Waals surface area contributed by atoms with E-state index < -0.39 is 23.5 Å². The molecule has 1 fully saturated rings. The summed E-state index contributed by atoms with van der Waals surface area (Å²) in [6.07, 6.45) is 3.22. The summed E-state index contributed by atoms with van der Waals surface area (Å²) in [5.41, 5.74) is 1.21. The summed E-state index contributed by atoms with van der Waals surface area (Å²) >= 11 is 12.7. The van der Waals surface area contributed by atoms with Crippen LogP contribution in [-0.2, 0) is 16.1 Å². The zero-order valence-corrected chi connectivity index (χ0v) is 21.1. The fraction of sp³-hybridized carbons (Fsp3) is 0.192. The lowest BCUT2D eigenvalue weighted by Crippen LogP contribution is -2.29. The van der Waals surface area contributed by atoms with Crippen LogP contribution in [0.1, 0.15) is 22.7 Å². The Morgan fingerprint density at radius 1 is 1.03 bits per heavy atom. The number of ketones is 1. The first-order chi connectivity index (χ1) is 17.3. The van der Waals surface area contributed by atoms with Crippen LogP contribution < -0.4 is 14.2 Å². The van der Waals surface area contributed by atoms with Crippen molar-refractivity contribution in [2.24, 2.45) is 0 Å². The lowest BCUT2D eigenvalue weighted by atomic mass is 9.94. The van der Waals surface area contributed by atoms with Crippen molar-refractivity contribution in [3.63, 3.8) is 0 Å². The molecule has 1 saturated heterocycles. The number of hydrogen-bond acceptors (Lipinski definition) is 7. The number of aliphatic hydroxyl groups is 1. The standard InChI is InChI=1S/C26H22Cl2N2O6/c1-34-16-8-6-15(7-9-16)21-19(23(32)26(33)30(21)13-14-5-4-10-29-12-14)22(31)17-11-18(27)25(36-3)20(28)24(17)35-2/h4-12,21,31H,13H2,1-3H3/b22-19+. The molecule has 3 aromatic rings. The van der Waals surface area contributed by atoms with Crippen molar-refractivity contribution >= 4 is 40.7 Å². The van der Waals surface area contributed by atoms with E-state index in [0.29, 0.717) is 16.9 Å². The Labute approximate surface area is 217 Å². The van der Waals surface area contributed by atoms with Gasteiger partial charge in [-0.2, -0.15) is 0 Å². The number of carbonyl (C=O) groups is 2. The number of aliphatic hydroxyl groups excluding tert-OH is 1. The fourth-order valence-corrected chi connectivity index (χ4v) is 4.84. The molecule has 1 amide bonds. The maximum absolute atomic E-state index is 13.3. The molecule has 1 aliphatic rings. The van der Waals surface area contributed by atoms with Crippen LogP contribution in [0.3, 0.4) is 0 Å². The second-order valence-electron chi connectivity index (χ2n) is 7.85. The monoisotopic (exact) mass is 528 g/mol. The smallest absolute Gasteiger partial charge is 0.295 e. The highest BCUT2D eigenvalue weighted by molar-refractivity contribution is 6.47. The van der Waals surface area contributed by atoms with Crippen LogP contribution >= 0.6 is 23.2 Å². The Morgan fingerprint density at radius 3 is 2.31 bits per heavy atom. The van der Waals surface area contributed by atoms with Crippen LogP contribution in [-0.4, -0.2) is 48.0 Å². The summed E-state index contributed by atoms with van der Waals surface area (Å²) in [6, 6.07) is 10.9. The Balaban J connectivity index is 1.94. The van der Waals surface area contributed by atoms with E-state index >= 15 is 0 Å². The largest absolute Gasteiger partial charge is 0.507 e. The number of pyridine rings is 1. The summed E-state index contributed by atoms with van der Waals surface area (Å²) < 4.78 is 15.9. The first-order valence-electron chi connectivity index (χ1n) is 10.7. The second kappa shape index (κ2) is 10.5. The van der Waals surface area contributed by atoms with Gasteiger partial charge in [0.2, 0.25) is 0 Å². The van der Waals surface area contributed by atoms with Gasteiger partial charge in [0.25, 0.3) is 11.7 Å². The van der Waals surface area contributed by atoms with Crippen LogP contribution in [0, 0.1) is 0 Å². The van der Waals surface area contributed by atoms with Gasteiger partial charge < -0.3 is 24.2 Å². The minimum absolute atomic E-state index is 0.0136. The van der Waals surface area contributed by atoms with Crippen molar-refractivity contribution in [1.29, 1.82) is 0 Å². The number of amides is 1. The third kappa shape index (κ3) is 4.45. The highest BCUT2D eigenvalue weighted by Gasteiger charge is 2.46. The average molecular weight is 529 g/mol. The van der Waals surface area contributed by atoms with Crippen molar-refractivity contribution in [3.05, 3.63) is 87.2 Å². The summed E-state index contributed by atoms with van der Waals surface area (Å²) in [5.74, 6) is -1.32. The first-order valence-corrected chi connectivity index (χ1v) is 11.5. The minimum atomic E-state index is -0.916. The van der Waals surface area contributed by atoms with Crippen molar-refractivity contribution < 1.29 is 28.9 Å². The Kier molecular flexibility index (Phi) is 7.37. The first kappa shape index (κ1) is 25.3. The van der Waals surface area contributed by atoms with Crippen LogP contribution in [0.2, 0.25) is 10.0 Å². The Bertz CT molecular complexity index is 1340. The molecule has 1 N–H and O–H groups in total. The SMILES string of the molecule is COc1ccc(C2/C(=C(\O)c3cc(Cl)c(OC)c(Cl)c3OC)C(=O)C(=O)N2Cc2cccnc2)cc1. The normalized spacial score (nSPS) is 16.8. The lowest BCUT2D eigenvalue weighted by molar-refractivity contribution is -0.140. The molecule has 2 heterocycles. The average Bonchev–Trinajstić information content (AvgIpc) is 3.13. The molecule has 1 aromatic heterocycles. The summed E-state index contributed by atoms with van der Waals surface area (Å²) in [6.45, 7) is 0.0904. The molecule has 186 valence electrons. The van der Waals surface area contributed by atoms with E-state index in [-0.39, 0.29) is 39.2 Å². The maximum Gasteiger partial charge on any atom is 0.295 e. The van der Waals surface area contributed by atoms with Crippen molar-refractivity contribution in [1.82, 2.24) is 9.88 Å². The number of aromatic nitrogens is 1. The fourth-order valence-electron chi connectivity index (χ4n) is 4.16. The lowest BCUT2D eigenvalue weighted by Gasteiger charge is -2.25. The molecule has 8 nitrogen and oxygen atoms in total. The van der Waals surface area contributed by atoms with Gasteiger partial charge in [0, 0.05) is 18.9 Å². The van der Waals surface area contributed by atoms with Gasteiger partial charge in [0.05, 0.1) is 43.5 Å². The van der Waals surface area contributed by atoms with Gasteiger partial charge >= 0.3 is 0 Å². The van der Waals surface area contributed by atoms with E-state index in [9.17, 15) is 14.7 Å². The van der Waals surface area contributed by atoms with Crippen molar-refractivity contribution in [2.45, 2.75) is 12.6 Å². The van der Waals surface area contributed by atoms with E-state index in [1.807, 2.05) is 0 Å². The minimum Gasteiger partial charge on any atom is -0.507 e. The quantitative estimate of drug-likeness (QED) is 0.260. The number of nitrogens with zero attached hydrogens (tertiary/aromatic N) is 2. The maximum atomic E-state index is 13.3. The second-order valence-corrected chi connectivity index (χ2v) is 8.63. The van der Waals surface area contributed by atoms with Gasteiger partial charge in [-0.05, 0) is 35.4 Å². The molecule has 4 rings (SSSR count). The number of rotatable bonds is 7. The van der Waals surface area contributed by atoms with Crippen LogP contribution in [0.4, 0.5) is 0 Å². The molecule has 0 spiro atoms.